The molecule has 1 atom stereocenters. The molecular weight excluding hydrogens is 232 g/mol. The second-order valence-electron chi connectivity index (χ2n) is 3.20. The van der Waals surface area contributed by atoms with Crippen molar-refractivity contribution in [3.63, 3.8) is 0 Å². The van der Waals surface area contributed by atoms with E-state index in [0.29, 0.717) is 0 Å². The first-order valence-corrected chi connectivity index (χ1v) is 7.40. The molecule has 1 unspecified atom stereocenters. The molecule has 0 aromatic heterocycles. The van der Waals surface area contributed by atoms with E-state index in [9.17, 15) is 21.6 Å². The zero-order valence-corrected chi connectivity index (χ0v) is 8.84. The van der Waals surface area contributed by atoms with Crippen molar-refractivity contribution >= 4 is 25.6 Å². The van der Waals surface area contributed by atoms with Crippen LogP contribution in [0.4, 0.5) is 0 Å². The van der Waals surface area contributed by atoms with Gasteiger partial charge in [-0.3, -0.25) is 4.79 Å². The lowest BCUT2D eigenvalue weighted by Crippen LogP contribution is -2.41. The van der Waals surface area contributed by atoms with Crippen LogP contribution in [0.2, 0.25) is 0 Å². The standard InChI is InChI=1S/C6H10O6S2/c7-6(8)3-5-4-13(9,10)1-2-14(5,11)12/h5H,1-4H2,(H,7,8). The maximum absolute atomic E-state index is 11.3. The third-order valence-corrected chi connectivity index (χ3v) is 6.36. The lowest BCUT2D eigenvalue weighted by Gasteiger charge is -2.20. The molecule has 0 bridgehead atoms. The predicted octanol–water partition coefficient (Wildman–Crippen LogP) is -1.33. The molecule has 1 aliphatic heterocycles. The van der Waals surface area contributed by atoms with E-state index in [1.54, 1.807) is 0 Å². The number of carboxylic acids is 1. The normalized spacial score (nSPS) is 29.6. The highest BCUT2D eigenvalue weighted by Crippen LogP contribution is 2.17. The monoisotopic (exact) mass is 242 g/mol. The van der Waals surface area contributed by atoms with Crippen molar-refractivity contribution in [3.05, 3.63) is 0 Å². The highest BCUT2D eigenvalue weighted by atomic mass is 32.2. The highest BCUT2D eigenvalue weighted by Gasteiger charge is 2.37. The Morgan fingerprint density at radius 1 is 1.21 bits per heavy atom. The molecule has 8 heteroatoms. The van der Waals surface area contributed by atoms with Crippen LogP contribution in [-0.4, -0.2) is 50.4 Å². The van der Waals surface area contributed by atoms with E-state index in [4.69, 9.17) is 5.11 Å². The average Bonchev–Trinajstić information content (AvgIpc) is 1.97. The molecule has 1 N–H and O–H groups in total. The first kappa shape index (κ1) is 11.4. The highest BCUT2D eigenvalue weighted by molar-refractivity contribution is 7.98. The fourth-order valence-electron chi connectivity index (χ4n) is 1.26. The molecule has 0 amide bonds. The molecule has 1 aliphatic rings. The third kappa shape index (κ3) is 2.68. The van der Waals surface area contributed by atoms with E-state index in [-0.39, 0.29) is 0 Å². The van der Waals surface area contributed by atoms with E-state index in [2.05, 4.69) is 0 Å². The van der Waals surface area contributed by atoms with Gasteiger partial charge >= 0.3 is 5.97 Å². The van der Waals surface area contributed by atoms with Crippen LogP contribution < -0.4 is 0 Å². The number of hydrogen-bond donors (Lipinski definition) is 1. The lowest BCUT2D eigenvalue weighted by atomic mass is 10.3. The molecule has 0 saturated carbocycles. The summed E-state index contributed by atoms with van der Waals surface area (Å²) < 4.78 is 44.7. The average molecular weight is 242 g/mol. The van der Waals surface area contributed by atoms with Gasteiger partial charge in [-0.2, -0.15) is 0 Å². The minimum Gasteiger partial charge on any atom is -0.481 e. The zero-order chi connectivity index (χ0) is 11.0. The van der Waals surface area contributed by atoms with Crippen LogP contribution in [0.1, 0.15) is 6.42 Å². The summed E-state index contributed by atoms with van der Waals surface area (Å²) in [5, 5.41) is 7.13. The van der Waals surface area contributed by atoms with Gasteiger partial charge in [0, 0.05) is 0 Å². The van der Waals surface area contributed by atoms with Crippen molar-refractivity contribution in [2.45, 2.75) is 11.7 Å². The van der Waals surface area contributed by atoms with E-state index in [1.807, 2.05) is 0 Å². The van der Waals surface area contributed by atoms with Gasteiger partial charge in [-0.05, 0) is 0 Å². The molecule has 0 radical (unpaired) electrons. The minimum atomic E-state index is -3.55. The molecule has 82 valence electrons. The summed E-state index contributed by atoms with van der Waals surface area (Å²) in [4.78, 5) is 10.3. The summed E-state index contributed by atoms with van der Waals surface area (Å²) in [5.74, 6) is -2.73. The molecule has 1 heterocycles. The second kappa shape index (κ2) is 3.50. The maximum Gasteiger partial charge on any atom is 0.304 e. The SMILES string of the molecule is O=C(O)CC1CS(=O)(=O)CCS1(=O)=O. The number of aliphatic carboxylic acids is 1. The first-order chi connectivity index (χ1) is 6.23. The van der Waals surface area contributed by atoms with Gasteiger partial charge in [0.2, 0.25) is 0 Å². The summed E-state index contributed by atoms with van der Waals surface area (Å²) in [6, 6.07) is 0. The van der Waals surface area contributed by atoms with Crippen molar-refractivity contribution in [2.24, 2.45) is 0 Å². The van der Waals surface area contributed by atoms with Crippen molar-refractivity contribution < 1.29 is 26.7 Å². The van der Waals surface area contributed by atoms with Crippen molar-refractivity contribution in [1.29, 1.82) is 0 Å². The molecule has 14 heavy (non-hydrogen) atoms. The Morgan fingerprint density at radius 2 is 1.79 bits per heavy atom. The van der Waals surface area contributed by atoms with Gasteiger partial charge < -0.3 is 5.11 Å². The lowest BCUT2D eigenvalue weighted by molar-refractivity contribution is -0.136. The minimum absolute atomic E-state index is 0.397. The van der Waals surface area contributed by atoms with E-state index in [0.717, 1.165) is 0 Å². The Morgan fingerprint density at radius 3 is 2.29 bits per heavy atom. The zero-order valence-electron chi connectivity index (χ0n) is 7.21. The number of rotatable bonds is 2. The molecular formula is C6H10O6S2. The van der Waals surface area contributed by atoms with E-state index in [1.165, 1.54) is 0 Å². The van der Waals surface area contributed by atoms with Crippen LogP contribution in [0.5, 0.6) is 0 Å². The number of carboxylic acid groups (broad SMARTS) is 1. The van der Waals surface area contributed by atoms with Gasteiger partial charge in [-0.25, -0.2) is 16.8 Å². The van der Waals surface area contributed by atoms with Crippen LogP contribution in [0.3, 0.4) is 0 Å². The van der Waals surface area contributed by atoms with Gasteiger partial charge in [-0.15, -0.1) is 0 Å². The Hall–Kier alpha value is -0.630. The summed E-state index contributed by atoms with van der Waals surface area (Å²) >= 11 is 0. The first-order valence-electron chi connectivity index (χ1n) is 3.87. The molecule has 6 nitrogen and oxygen atoms in total. The molecule has 0 aliphatic carbocycles. The smallest absolute Gasteiger partial charge is 0.304 e. The summed E-state index contributed by atoms with van der Waals surface area (Å²) in [7, 11) is -6.94. The van der Waals surface area contributed by atoms with Gasteiger partial charge in [0.1, 0.15) is 0 Å². The summed E-state index contributed by atoms with van der Waals surface area (Å²) in [6.45, 7) is 0. The fourth-order valence-corrected chi connectivity index (χ4v) is 6.24. The Labute approximate surface area is 81.8 Å². The second-order valence-corrected chi connectivity index (χ2v) is 7.83. The van der Waals surface area contributed by atoms with Crippen LogP contribution in [0.15, 0.2) is 0 Å². The molecule has 0 spiro atoms. The fraction of sp³-hybridized carbons (Fsp3) is 0.833. The van der Waals surface area contributed by atoms with Gasteiger partial charge in [0.15, 0.2) is 19.7 Å². The summed E-state index contributed by atoms with van der Waals surface area (Å²) in [5.41, 5.74) is 0. The largest absolute Gasteiger partial charge is 0.481 e. The van der Waals surface area contributed by atoms with Crippen LogP contribution in [0.25, 0.3) is 0 Å². The van der Waals surface area contributed by atoms with Crippen molar-refractivity contribution in [1.82, 2.24) is 0 Å². The van der Waals surface area contributed by atoms with Gasteiger partial charge in [-0.1, -0.05) is 0 Å². The van der Waals surface area contributed by atoms with Crippen LogP contribution in [0, 0.1) is 0 Å². The van der Waals surface area contributed by atoms with Crippen LogP contribution >= 0.6 is 0 Å². The molecule has 0 aromatic rings. The molecule has 1 saturated heterocycles. The molecule has 1 fully saturated rings. The van der Waals surface area contributed by atoms with Gasteiger partial charge in [0.05, 0.1) is 28.9 Å². The van der Waals surface area contributed by atoms with Gasteiger partial charge in [0.25, 0.3) is 0 Å². The number of sulfone groups is 2. The number of carbonyl (C=O) groups is 1. The maximum atomic E-state index is 11.3. The van der Waals surface area contributed by atoms with E-state index >= 15 is 0 Å². The number of hydrogen-bond acceptors (Lipinski definition) is 5. The Balaban J connectivity index is 2.93. The third-order valence-electron chi connectivity index (χ3n) is 2.03. The summed E-state index contributed by atoms with van der Waals surface area (Å²) in [6.07, 6.45) is -0.637. The van der Waals surface area contributed by atoms with Crippen molar-refractivity contribution in [3.8, 4) is 0 Å². The topological polar surface area (TPSA) is 106 Å². The molecule has 0 aromatic carbocycles. The van der Waals surface area contributed by atoms with E-state index < -0.39 is 54.6 Å². The molecule has 1 rings (SSSR count). The Kier molecular flexibility index (Phi) is 2.86. The quantitative estimate of drug-likeness (QED) is 0.643. The predicted molar refractivity (Wildman–Crippen MR) is 48.5 cm³/mol. The Bertz CT molecular complexity index is 431. The van der Waals surface area contributed by atoms with Crippen LogP contribution in [-0.2, 0) is 24.5 Å². The van der Waals surface area contributed by atoms with Crippen molar-refractivity contribution in [2.75, 3.05) is 17.3 Å².